The molecule has 2 rings (SSSR count). The van der Waals surface area contributed by atoms with Gasteiger partial charge in [-0.1, -0.05) is 15.9 Å². The topological polar surface area (TPSA) is 63.4 Å². The van der Waals surface area contributed by atoms with E-state index in [9.17, 15) is 8.42 Å². The minimum absolute atomic E-state index is 0. The van der Waals surface area contributed by atoms with Crippen molar-refractivity contribution in [3.05, 3.63) is 28.7 Å². The van der Waals surface area contributed by atoms with Crippen LogP contribution in [-0.4, -0.2) is 31.9 Å². The predicted molar refractivity (Wildman–Crippen MR) is 77.4 cm³/mol. The Labute approximate surface area is 122 Å². The third-order valence-electron chi connectivity index (χ3n) is 3.02. The molecule has 4 nitrogen and oxygen atoms in total. The molecule has 18 heavy (non-hydrogen) atoms. The maximum atomic E-state index is 12.4. The molecule has 1 atom stereocenters. The first-order valence-corrected chi connectivity index (χ1v) is 7.76. The monoisotopic (exact) mass is 354 g/mol. The smallest absolute Gasteiger partial charge is 0.243 e. The van der Waals surface area contributed by atoms with Crippen molar-refractivity contribution in [2.24, 2.45) is 5.73 Å². The van der Waals surface area contributed by atoms with Crippen LogP contribution < -0.4 is 5.73 Å². The molecule has 1 aliphatic rings. The standard InChI is InChI=1S/C11H15BrN2O2S.ClH/c12-9-3-5-11(6-4-9)17(15,16)14-7-1-2-10(14)8-13;/h3-6,10H,1-2,7-8,13H2;1H. The van der Waals surface area contributed by atoms with Gasteiger partial charge in [0, 0.05) is 23.6 Å². The summed E-state index contributed by atoms with van der Waals surface area (Å²) in [4.78, 5) is 0.334. The maximum absolute atomic E-state index is 12.4. The number of nitrogens with zero attached hydrogens (tertiary/aromatic N) is 1. The van der Waals surface area contributed by atoms with Crippen LogP contribution in [0.5, 0.6) is 0 Å². The first-order chi connectivity index (χ1) is 8.05. The normalized spacial score (nSPS) is 20.7. The number of rotatable bonds is 3. The van der Waals surface area contributed by atoms with Crippen LogP contribution in [0.4, 0.5) is 0 Å². The molecular weight excluding hydrogens is 340 g/mol. The summed E-state index contributed by atoms with van der Waals surface area (Å²) in [5.41, 5.74) is 5.61. The first-order valence-electron chi connectivity index (χ1n) is 5.53. The van der Waals surface area contributed by atoms with Gasteiger partial charge in [-0.3, -0.25) is 0 Å². The zero-order valence-electron chi connectivity index (χ0n) is 9.75. The summed E-state index contributed by atoms with van der Waals surface area (Å²) in [5.74, 6) is 0. The average Bonchev–Trinajstić information content (AvgIpc) is 2.78. The molecule has 1 saturated heterocycles. The Bertz CT molecular complexity index is 492. The third-order valence-corrected chi connectivity index (χ3v) is 5.51. The number of nitrogens with two attached hydrogens (primary N) is 1. The highest BCUT2D eigenvalue weighted by Gasteiger charge is 2.34. The molecule has 1 heterocycles. The van der Waals surface area contributed by atoms with E-state index in [1.807, 2.05) is 0 Å². The van der Waals surface area contributed by atoms with Crippen molar-refractivity contribution in [1.29, 1.82) is 0 Å². The van der Waals surface area contributed by atoms with Crippen molar-refractivity contribution < 1.29 is 8.42 Å². The van der Waals surface area contributed by atoms with E-state index in [0.717, 1.165) is 17.3 Å². The number of hydrogen-bond donors (Lipinski definition) is 1. The van der Waals surface area contributed by atoms with Crippen LogP contribution in [0.1, 0.15) is 12.8 Å². The van der Waals surface area contributed by atoms with Gasteiger partial charge in [-0.15, -0.1) is 12.4 Å². The highest BCUT2D eigenvalue weighted by atomic mass is 79.9. The van der Waals surface area contributed by atoms with Crippen LogP contribution in [0.2, 0.25) is 0 Å². The van der Waals surface area contributed by atoms with Crippen LogP contribution in [0.25, 0.3) is 0 Å². The quantitative estimate of drug-likeness (QED) is 0.902. The van der Waals surface area contributed by atoms with E-state index in [4.69, 9.17) is 5.73 Å². The molecule has 0 saturated carbocycles. The lowest BCUT2D eigenvalue weighted by atomic mass is 10.2. The summed E-state index contributed by atoms with van der Waals surface area (Å²) in [6.45, 7) is 0.954. The van der Waals surface area contributed by atoms with E-state index >= 15 is 0 Å². The van der Waals surface area contributed by atoms with Gasteiger partial charge in [0.1, 0.15) is 0 Å². The molecule has 0 aromatic heterocycles. The van der Waals surface area contributed by atoms with E-state index in [1.54, 1.807) is 24.3 Å². The second kappa shape index (κ2) is 6.34. The summed E-state index contributed by atoms with van der Waals surface area (Å²) in [6.07, 6.45) is 1.74. The van der Waals surface area contributed by atoms with Gasteiger partial charge >= 0.3 is 0 Å². The Hall–Kier alpha value is -0.140. The fourth-order valence-corrected chi connectivity index (χ4v) is 4.07. The van der Waals surface area contributed by atoms with Crippen LogP contribution in [0, 0.1) is 0 Å². The molecule has 2 N–H and O–H groups in total. The molecule has 1 aliphatic heterocycles. The molecule has 1 aromatic rings. The SMILES string of the molecule is Cl.NCC1CCCN1S(=O)(=O)c1ccc(Br)cc1. The molecular formula is C11H16BrClN2O2S. The van der Waals surface area contributed by atoms with E-state index in [-0.39, 0.29) is 18.4 Å². The fraction of sp³-hybridized carbons (Fsp3) is 0.455. The molecule has 1 aromatic carbocycles. The minimum Gasteiger partial charge on any atom is -0.329 e. The average molecular weight is 356 g/mol. The molecule has 1 unspecified atom stereocenters. The minimum atomic E-state index is -3.38. The van der Waals surface area contributed by atoms with Crippen molar-refractivity contribution in [3.8, 4) is 0 Å². The summed E-state index contributed by atoms with van der Waals surface area (Å²) in [7, 11) is -3.38. The maximum Gasteiger partial charge on any atom is 0.243 e. The van der Waals surface area contributed by atoms with Gasteiger partial charge in [-0.2, -0.15) is 4.31 Å². The van der Waals surface area contributed by atoms with Crippen LogP contribution in [0.3, 0.4) is 0 Å². The van der Waals surface area contributed by atoms with Gasteiger partial charge in [0.05, 0.1) is 4.90 Å². The Morgan fingerprint density at radius 3 is 2.50 bits per heavy atom. The summed E-state index contributed by atoms with van der Waals surface area (Å²) < 4.78 is 27.1. The second-order valence-corrected chi connectivity index (χ2v) is 6.91. The zero-order valence-corrected chi connectivity index (χ0v) is 13.0. The van der Waals surface area contributed by atoms with Crippen molar-refractivity contribution in [3.63, 3.8) is 0 Å². The van der Waals surface area contributed by atoms with Crippen LogP contribution in [-0.2, 0) is 10.0 Å². The van der Waals surface area contributed by atoms with Crippen molar-refractivity contribution in [2.75, 3.05) is 13.1 Å². The summed E-state index contributed by atoms with van der Waals surface area (Å²) >= 11 is 3.29. The van der Waals surface area contributed by atoms with Gasteiger partial charge in [0.25, 0.3) is 0 Å². The van der Waals surface area contributed by atoms with Crippen molar-refractivity contribution >= 4 is 38.4 Å². The summed E-state index contributed by atoms with van der Waals surface area (Å²) in [5, 5.41) is 0. The summed E-state index contributed by atoms with van der Waals surface area (Å²) in [6, 6.07) is 6.65. The Kier molecular flexibility index (Phi) is 5.61. The fourth-order valence-electron chi connectivity index (χ4n) is 2.10. The van der Waals surface area contributed by atoms with Crippen molar-refractivity contribution in [2.45, 2.75) is 23.8 Å². The van der Waals surface area contributed by atoms with E-state index in [2.05, 4.69) is 15.9 Å². The van der Waals surface area contributed by atoms with Gasteiger partial charge in [-0.25, -0.2) is 8.42 Å². The highest BCUT2D eigenvalue weighted by molar-refractivity contribution is 9.10. The molecule has 0 amide bonds. The molecule has 7 heteroatoms. The Balaban J connectivity index is 0.00000162. The van der Waals surface area contributed by atoms with Crippen molar-refractivity contribution in [1.82, 2.24) is 4.31 Å². The molecule has 102 valence electrons. The molecule has 1 fully saturated rings. The van der Waals surface area contributed by atoms with E-state index in [0.29, 0.717) is 18.0 Å². The van der Waals surface area contributed by atoms with Crippen LogP contribution in [0.15, 0.2) is 33.6 Å². The highest BCUT2D eigenvalue weighted by Crippen LogP contribution is 2.26. The van der Waals surface area contributed by atoms with E-state index < -0.39 is 10.0 Å². The number of hydrogen-bond acceptors (Lipinski definition) is 3. The number of halogens is 2. The van der Waals surface area contributed by atoms with Gasteiger partial charge in [0.15, 0.2) is 0 Å². The van der Waals surface area contributed by atoms with Gasteiger partial charge in [0.2, 0.25) is 10.0 Å². The van der Waals surface area contributed by atoms with Gasteiger partial charge < -0.3 is 5.73 Å². The zero-order chi connectivity index (χ0) is 12.5. The lowest BCUT2D eigenvalue weighted by Crippen LogP contribution is -2.39. The lowest BCUT2D eigenvalue weighted by molar-refractivity contribution is 0.393. The van der Waals surface area contributed by atoms with E-state index in [1.165, 1.54) is 4.31 Å². The Morgan fingerprint density at radius 2 is 1.94 bits per heavy atom. The number of sulfonamides is 1. The van der Waals surface area contributed by atoms with Gasteiger partial charge in [-0.05, 0) is 37.1 Å². The molecule has 0 aliphatic carbocycles. The second-order valence-electron chi connectivity index (χ2n) is 4.10. The lowest BCUT2D eigenvalue weighted by Gasteiger charge is -2.22. The molecule has 0 bridgehead atoms. The molecule has 0 radical (unpaired) electrons. The molecule has 0 spiro atoms. The third kappa shape index (κ3) is 3.05. The Morgan fingerprint density at radius 1 is 1.33 bits per heavy atom. The largest absolute Gasteiger partial charge is 0.329 e. The first kappa shape index (κ1) is 15.9. The van der Waals surface area contributed by atoms with Crippen LogP contribution >= 0.6 is 28.3 Å². The number of benzene rings is 1. The predicted octanol–water partition coefficient (Wildman–Crippen LogP) is 1.98.